The van der Waals surface area contributed by atoms with E-state index in [2.05, 4.69) is 36.8 Å². The molecule has 2 aromatic carbocycles. The molecule has 4 heteroatoms. The summed E-state index contributed by atoms with van der Waals surface area (Å²) >= 11 is 7.79. The van der Waals surface area contributed by atoms with Crippen LogP contribution in [-0.4, -0.2) is 24.0 Å². The monoisotopic (exact) mass is 334 g/mol. The molecule has 0 fully saturated rings. The minimum atomic E-state index is 1.23. The molecule has 0 unspecified atom stereocenters. The van der Waals surface area contributed by atoms with Gasteiger partial charge in [0.2, 0.25) is 0 Å². The van der Waals surface area contributed by atoms with E-state index in [1.54, 1.807) is 0 Å². The van der Waals surface area contributed by atoms with E-state index in [-0.39, 0.29) is 0 Å². The molecule has 1 aliphatic carbocycles. The van der Waals surface area contributed by atoms with E-state index in [4.69, 9.17) is 0 Å². The van der Waals surface area contributed by atoms with Gasteiger partial charge < -0.3 is 0 Å². The SMILES string of the molecule is CSc1ccc2c3c(ccc(SC)c13)C1=C2SCCS1. The molecule has 0 radical (unpaired) electrons. The molecule has 0 aromatic heterocycles. The third kappa shape index (κ3) is 1.81. The van der Waals surface area contributed by atoms with E-state index in [1.807, 2.05) is 47.0 Å². The van der Waals surface area contributed by atoms with Gasteiger partial charge >= 0.3 is 0 Å². The second-order valence-corrected chi connectivity index (χ2v) is 8.64. The number of hydrogen-bond acceptors (Lipinski definition) is 4. The van der Waals surface area contributed by atoms with Gasteiger partial charge in [-0.25, -0.2) is 0 Å². The van der Waals surface area contributed by atoms with Crippen LogP contribution in [0.3, 0.4) is 0 Å². The van der Waals surface area contributed by atoms with Crippen LogP contribution < -0.4 is 0 Å². The smallest absolute Gasteiger partial charge is 0.0294 e. The van der Waals surface area contributed by atoms with Gasteiger partial charge in [-0.1, -0.05) is 12.1 Å². The van der Waals surface area contributed by atoms with Crippen LogP contribution >= 0.6 is 47.0 Å². The summed E-state index contributed by atoms with van der Waals surface area (Å²) in [5, 5.41) is 2.96. The van der Waals surface area contributed by atoms with Crippen molar-refractivity contribution in [3.63, 3.8) is 0 Å². The Bertz CT molecular complexity index is 687. The first-order valence-electron chi connectivity index (χ1n) is 6.53. The minimum absolute atomic E-state index is 1.23. The average molecular weight is 335 g/mol. The number of rotatable bonds is 2. The van der Waals surface area contributed by atoms with Crippen molar-refractivity contribution < 1.29 is 0 Å². The topological polar surface area (TPSA) is 0 Å². The zero-order chi connectivity index (χ0) is 13.7. The van der Waals surface area contributed by atoms with Gasteiger partial charge in [0, 0.05) is 41.9 Å². The van der Waals surface area contributed by atoms with Gasteiger partial charge in [-0.05, 0) is 35.8 Å². The van der Waals surface area contributed by atoms with Crippen molar-refractivity contribution in [2.45, 2.75) is 9.79 Å². The van der Waals surface area contributed by atoms with E-state index in [0.717, 1.165) is 0 Å². The summed E-state index contributed by atoms with van der Waals surface area (Å²) in [6.07, 6.45) is 4.36. The van der Waals surface area contributed by atoms with Gasteiger partial charge in [-0.2, -0.15) is 0 Å². The molecule has 0 saturated heterocycles. The van der Waals surface area contributed by atoms with Crippen LogP contribution in [0.5, 0.6) is 0 Å². The molecule has 20 heavy (non-hydrogen) atoms. The molecule has 0 N–H and O–H groups in total. The quantitative estimate of drug-likeness (QED) is 0.626. The Labute approximate surface area is 136 Å². The Morgan fingerprint density at radius 3 is 1.70 bits per heavy atom. The van der Waals surface area contributed by atoms with Crippen LogP contribution in [0.4, 0.5) is 0 Å². The van der Waals surface area contributed by atoms with E-state index in [9.17, 15) is 0 Å². The summed E-state index contributed by atoms with van der Waals surface area (Å²) < 4.78 is 0. The molecule has 2 aliphatic rings. The normalized spacial score (nSPS) is 16.9. The maximum absolute atomic E-state index is 2.34. The summed E-state index contributed by atoms with van der Waals surface area (Å²) in [4.78, 5) is 5.86. The minimum Gasteiger partial charge on any atom is -0.129 e. The van der Waals surface area contributed by atoms with Gasteiger partial charge in [-0.15, -0.1) is 47.0 Å². The van der Waals surface area contributed by atoms with Crippen molar-refractivity contribution in [1.29, 1.82) is 0 Å². The molecule has 1 aliphatic heterocycles. The number of thioether (sulfide) groups is 4. The highest BCUT2D eigenvalue weighted by Gasteiger charge is 2.28. The predicted octanol–water partition coefficient (Wildman–Crippen LogP) is 5.90. The van der Waals surface area contributed by atoms with Crippen molar-refractivity contribution in [3.8, 4) is 0 Å². The highest BCUT2D eigenvalue weighted by molar-refractivity contribution is 8.16. The fourth-order valence-corrected chi connectivity index (χ4v) is 6.84. The molecule has 102 valence electrons. The Morgan fingerprint density at radius 2 is 1.25 bits per heavy atom. The first-order chi connectivity index (χ1) is 9.85. The van der Waals surface area contributed by atoms with Crippen LogP contribution in [0.25, 0.3) is 20.6 Å². The number of fused-ring (bicyclic) bond motifs is 2. The fraction of sp³-hybridized carbons (Fsp3) is 0.250. The van der Waals surface area contributed by atoms with Crippen LogP contribution in [-0.2, 0) is 0 Å². The summed E-state index contributed by atoms with van der Waals surface area (Å²) in [5.41, 5.74) is 2.94. The molecule has 0 bridgehead atoms. The van der Waals surface area contributed by atoms with Crippen molar-refractivity contribution in [2.75, 3.05) is 24.0 Å². The largest absolute Gasteiger partial charge is 0.129 e. The van der Waals surface area contributed by atoms with Crippen LogP contribution in [0, 0.1) is 0 Å². The van der Waals surface area contributed by atoms with Crippen molar-refractivity contribution in [1.82, 2.24) is 0 Å². The third-order valence-electron chi connectivity index (χ3n) is 3.80. The lowest BCUT2D eigenvalue weighted by atomic mass is 10.0. The molecule has 0 nitrogen and oxygen atoms in total. The summed E-state index contributed by atoms with van der Waals surface area (Å²) in [6.45, 7) is 0. The fourth-order valence-electron chi connectivity index (χ4n) is 2.97. The van der Waals surface area contributed by atoms with Crippen molar-refractivity contribution in [2.24, 2.45) is 0 Å². The maximum Gasteiger partial charge on any atom is 0.0294 e. The predicted molar refractivity (Wildman–Crippen MR) is 99.2 cm³/mol. The van der Waals surface area contributed by atoms with E-state index in [0.29, 0.717) is 0 Å². The Balaban J connectivity index is 2.12. The first-order valence-corrected chi connectivity index (χ1v) is 11.0. The molecule has 4 rings (SSSR count). The van der Waals surface area contributed by atoms with Gasteiger partial charge in [0.05, 0.1) is 0 Å². The van der Waals surface area contributed by atoms with Gasteiger partial charge in [0.15, 0.2) is 0 Å². The third-order valence-corrected chi connectivity index (χ3v) is 7.99. The van der Waals surface area contributed by atoms with E-state index in [1.165, 1.54) is 53.0 Å². The Kier molecular flexibility index (Phi) is 3.53. The molecule has 0 amide bonds. The summed E-state index contributed by atoms with van der Waals surface area (Å²) in [6, 6.07) is 9.29. The number of hydrogen-bond donors (Lipinski definition) is 0. The molecule has 0 spiro atoms. The first kappa shape index (κ1) is 13.5. The lowest BCUT2D eigenvalue weighted by Crippen LogP contribution is -1.91. The van der Waals surface area contributed by atoms with Crippen LogP contribution in [0.2, 0.25) is 0 Å². The summed E-state index contributed by atoms with van der Waals surface area (Å²) in [5.74, 6) is 2.47. The lowest BCUT2D eigenvalue weighted by molar-refractivity contribution is 1.44. The second-order valence-electron chi connectivity index (χ2n) is 4.74. The molecule has 0 atom stereocenters. The van der Waals surface area contributed by atoms with Crippen LogP contribution in [0.15, 0.2) is 34.1 Å². The molecular weight excluding hydrogens is 320 g/mol. The second kappa shape index (κ2) is 5.24. The van der Waals surface area contributed by atoms with Gasteiger partial charge in [-0.3, -0.25) is 0 Å². The standard InChI is InChI=1S/C16H14S4/c1-17-11-5-3-9-13-10(4-6-12(18-2)14(11)13)16-15(9)19-7-8-20-16/h3-6H,7-8H2,1-2H3. The highest BCUT2D eigenvalue weighted by atomic mass is 32.2. The van der Waals surface area contributed by atoms with E-state index >= 15 is 0 Å². The Hall–Kier alpha value is -0.160. The summed E-state index contributed by atoms with van der Waals surface area (Å²) in [7, 11) is 0. The molecular formula is C16H14S4. The van der Waals surface area contributed by atoms with Gasteiger partial charge in [0.1, 0.15) is 0 Å². The van der Waals surface area contributed by atoms with Crippen molar-refractivity contribution in [3.05, 3.63) is 35.4 Å². The van der Waals surface area contributed by atoms with Crippen LogP contribution in [0.1, 0.15) is 11.1 Å². The molecule has 2 aromatic rings. The molecule has 0 saturated carbocycles. The van der Waals surface area contributed by atoms with Gasteiger partial charge in [0.25, 0.3) is 0 Å². The lowest BCUT2D eigenvalue weighted by Gasteiger charge is -2.13. The highest BCUT2D eigenvalue weighted by Crippen LogP contribution is 2.56. The maximum atomic E-state index is 2.34. The average Bonchev–Trinajstić information content (AvgIpc) is 2.84. The zero-order valence-electron chi connectivity index (χ0n) is 11.4. The molecule has 1 heterocycles. The zero-order valence-corrected chi connectivity index (χ0v) is 14.6. The van der Waals surface area contributed by atoms with Crippen molar-refractivity contribution >= 4 is 67.6 Å². The van der Waals surface area contributed by atoms with E-state index < -0.39 is 0 Å². The Morgan fingerprint density at radius 1 is 0.750 bits per heavy atom. The number of benzene rings is 2.